The number of aliphatic imine (C=N–C) groups is 1. The normalized spacial score (nSPS) is 18.0. The van der Waals surface area contributed by atoms with Gasteiger partial charge in [0.2, 0.25) is 23.6 Å². The number of carboxylic acids is 1. The van der Waals surface area contributed by atoms with Crippen molar-refractivity contribution < 1.29 is 34.2 Å². The third kappa shape index (κ3) is 8.89. The van der Waals surface area contributed by atoms with Gasteiger partial charge >= 0.3 is 5.97 Å². The zero-order chi connectivity index (χ0) is 25.1. The van der Waals surface area contributed by atoms with Crippen molar-refractivity contribution in [3.63, 3.8) is 0 Å². The number of aliphatic hydroxyl groups is 1. The van der Waals surface area contributed by atoms with Gasteiger partial charge in [0.25, 0.3) is 0 Å². The van der Waals surface area contributed by atoms with Crippen LogP contribution in [0.2, 0.25) is 0 Å². The number of aliphatic hydroxyl groups excluding tert-OH is 1. The number of guanidine groups is 1. The molecule has 0 aromatic heterocycles. The van der Waals surface area contributed by atoms with Gasteiger partial charge in [-0.15, -0.1) is 0 Å². The standard InChI is InChI=1S/C18H32N8O7/c19-9(8-27)16(31)26-6-2-4-12(26)15(30)24-10(3-1-5-23-18(21)22)14(29)25-11(17(32)33)7-13(20)28/h9-12,27H,1-8,19H2,(H2,20,28)(H,24,30)(H,25,29)(H,32,33)(H4,21,22,23). The summed E-state index contributed by atoms with van der Waals surface area (Å²) in [6.45, 7) is -0.188. The predicted octanol–water partition coefficient (Wildman–Crippen LogP) is -4.72. The Balaban J connectivity index is 2.96. The molecule has 0 aromatic rings. The van der Waals surface area contributed by atoms with Crippen molar-refractivity contribution in [1.29, 1.82) is 0 Å². The van der Waals surface area contributed by atoms with Crippen LogP contribution in [0.1, 0.15) is 32.1 Å². The molecule has 4 amide bonds. The number of likely N-dealkylation sites (tertiary alicyclic amines) is 1. The molecule has 1 rings (SSSR count). The van der Waals surface area contributed by atoms with Crippen molar-refractivity contribution in [3.8, 4) is 0 Å². The molecule has 12 N–H and O–H groups in total. The largest absolute Gasteiger partial charge is 0.480 e. The van der Waals surface area contributed by atoms with E-state index in [-0.39, 0.29) is 31.9 Å². The number of amides is 4. The summed E-state index contributed by atoms with van der Waals surface area (Å²) in [4.78, 5) is 65.4. The second kappa shape index (κ2) is 13.2. The highest BCUT2D eigenvalue weighted by Crippen LogP contribution is 2.19. The van der Waals surface area contributed by atoms with Crippen LogP contribution in [-0.2, 0) is 24.0 Å². The van der Waals surface area contributed by atoms with Crippen LogP contribution in [0.25, 0.3) is 0 Å². The number of carbonyl (C=O) groups excluding carboxylic acids is 4. The van der Waals surface area contributed by atoms with E-state index in [9.17, 15) is 29.1 Å². The van der Waals surface area contributed by atoms with Crippen LogP contribution >= 0.6 is 0 Å². The highest BCUT2D eigenvalue weighted by molar-refractivity contribution is 5.95. The number of hydrogen-bond acceptors (Lipinski definition) is 8. The molecule has 4 atom stereocenters. The topological polar surface area (TPSA) is 270 Å². The first-order valence-electron chi connectivity index (χ1n) is 10.3. The number of carbonyl (C=O) groups is 5. The molecule has 15 nitrogen and oxygen atoms in total. The molecule has 0 saturated carbocycles. The summed E-state index contributed by atoms with van der Waals surface area (Å²) in [5, 5.41) is 23.0. The van der Waals surface area contributed by atoms with E-state index in [0.717, 1.165) is 0 Å². The summed E-state index contributed by atoms with van der Waals surface area (Å²) in [6.07, 6.45) is 0.487. The van der Waals surface area contributed by atoms with Gasteiger partial charge in [0, 0.05) is 13.1 Å². The minimum Gasteiger partial charge on any atom is -0.480 e. The number of nitrogens with one attached hydrogen (secondary N) is 2. The fraction of sp³-hybridized carbons (Fsp3) is 0.667. The number of rotatable bonds is 13. The monoisotopic (exact) mass is 472 g/mol. The van der Waals surface area contributed by atoms with Crippen LogP contribution < -0.4 is 33.6 Å². The fourth-order valence-corrected chi connectivity index (χ4v) is 3.31. The summed E-state index contributed by atoms with van der Waals surface area (Å²) in [5.74, 6) is -4.67. The zero-order valence-electron chi connectivity index (χ0n) is 18.1. The summed E-state index contributed by atoms with van der Waals surface area (Å²) in [5.41, 5.74) is 21.1. The van der Waals surface area contributed by atoms with Gasteiger partial charge in [0.05, 0.1) is 13.0 Å². The van der Waals surface area contributed by atoms with Gasteiger partial charge in [-0.2, -0.15) is 0 Å². The molecule has 4 unspecified atom stereocenters. The number of primary amides is 1. The average Bonchev–Trinajstić information content (AvgIpc) is 3.23. The van der Waals surface area contributed by atoms with E-state index < -0.39 is 66.8 Å². The van der Waals surface area contributed by atoms with Gasteiger partial charge < -0.3 is 48.7 Å². The zero-order valence-corrected chi connectivity index (χ0v) is 18.1. The molecule has 1 saturated heterocycles. The first-order valence-corrected chi connectivity index (χ1v) is 10.3. The number of nitrogens with two attached hydrogens (primary N) is 4. The molecule has 0 radical (unpaired) electrons. The molecule has 0 aliphatic carbocycles. The van der Waals surface area contributed by atoms with Gasteiger partial charge in [-0.25, -0.2) is 4.79 Å². The molecule has 186 valence electrons. The van der Waals surface area contributed by atoms with Crippen LogP contribution in [0.3, 0.4) is 0 Å². The Bertz CT molecular complexity index is 771. The Kier molecular flexibility index (Phi) is 11.0. The summed E-state index contributed by atoms with van der Waals surface area (Å²) in [6, 6.07) is -4.88. The van der Waals surface area contributed by atoms with Crippen LogP contribution in [0.15, 0.2) is 4.99 Å². The van der Waals surface area contributed by atoms with Crippen LogP contribution in [0.4, 0.5) is 0 Å². The maximum Gasteiger partial charge on any atom is 0.326 e. The molecular formula is C18H32N8O7. The van der Waals surface area contributed by atoms with Crippen LogP contribution in [-0.4, -0.2) is 94.5 Å². The lowest BCUT2D eigenvalue weighted by atomic mass is 10.1. The second-order valence-electron chi connectivity index (χ2n) is 7.56. The third-order valence-electron chi connectivity index (χ3n) is 4.95. The molecule has 1 aliphatic heterocycles. The molecule has 0 bridgehead atoms. The van der Waals surface area contributed by atoms with Gasteiger partial charge in [-0.3, -0.25) is 24.2 Å². The smallest absolute Gasteiger partial charge is 0.326 e. The maximum absolute atomic E-state index is 12.9. The van der Waals surface area contributed by atoms with E-state index in [1.54, 1.807) is 0 Å². The van der Waals surface area contributed by atoms with Crippen LogP contribution in [0, 0.1) is 0 Å². The second-order valence-corrected chi connectivity index (χ2v) is 7.56. The first kappa shape index (κ1) is 27.6. The van der Waals surface area contributed by atoms with E-state index >= 15 is 0 Å². The Morgan fingerprint density at radius 3 is 2.30 bits per heavy atom. The van der Waals surface area contributed by atoms with Crippen LogP contribution in [0.5, 0.6) is 0 Å². The predicted molar refractivity (Wildman–Crippen MR) is 115 cm³/mol. The maximum atomic E-state index is 12.9. The highest BCUT2D eigenvalue weighted by atomic mass is 16.4. The minimum absolute atomic E-state index is 0.0358. The SMILES string of the molecule is NC(=O)CC(NC(=O)C(CCCN=C(N)N)NC(=O)C1CCCN1C(=O)C(N)CO)C(=O)O. The quantitative estimate of drug-likeness (QED) is 0.0720. The number of nitrogens with zero attached hydrogens (tertiary/aromatic N) is 2. The van der Waals surface area contributed by atoms with Gasteiger partial charge in [0.1, 0.15) is 24.2 Å². The number of carboxylic acid groups (broad SMARTS) is 1. The van der Waals surface area contributed by atoms with E-state index in [0.29, 0.717) is 12.8 Å². The molecule has 33 heavy (non-hydrogen) atoms. The first-order chi connectivity index (χ1) is 15.5. The Hall–Kier alpha value is -3.46. The van der Waals surface area contributed by atoms with Crippen molar-refractivity contribution in [2.24, 2.45) is 27.9 Å². The van der Waals surface area contributed by atoms with Gasteiger partial charge in [0.15, 0.2) is 5.96 Å². The lowest BCUT2D eigenvalue weighted by Gasteiger charge is -2.28. The van der Waals surface area contributed by atoms with E-state index in [4.69, 9.17) is 28.0 Å². The molecule has 1 aliphatic rings. The van der Waals surface area contributed by atoms with Crippen molar-refractivity contribution in [2.75, 3.05) is 19.7 Å². The Morgan fingerprint density at radius 2 is 1.76 bits per heavy atom. The molecule has 0 aromatic carbocycles. The molecule has 1 fully saturated rings. The fourth-order valence-electron chi connectivity index (χ4n) is 3.31. The minimum atomic E-state index is -1.58. The van der Waals surface area contributed by atoms with E-state index in [1.165, 1.54) is 4.90 Å². The van der Waals surface area contributed by atoms with Crippen molar-refractivity contribution in [1.82, 2.24) is 15.5 Å². The number of aliphatic carboxylic acids is 1. The highest BCUT2D eigenvalue weighted by Gasteiger charge is 2.37. The van der Waals surface area contributed by atoms with E-state index in [2.05, 4.69) is 15.6 Å². The number of hydrogen-bond donors (Lipinski definition) is 8. The lowest BCUT2D eigenvalue weighted by Crippen LogP contribution is -2.57. The Morgan fingerprint density at radius 1 is 1.09 bits per heavy atom. The van der Waals surface area contributed by atoms with Gasteiger partial charge in [-0.1, -0.05) is 0 Å². The lowest BCUT2D eigenvalue weighted by molar-refractivity contribution is -0.144. The van der Waals surface area contributed by atoms with Crippen molar-refractivity contribution in [3.05, 3.63) is 0 Å². The van der Waals surface area contributed by atoms with Crippen molar-refractivity contribution in [2.45, 2.75) is 56.3 Å². The molecule has 1 heterocycles. The molecular weight excluding hydrogens is 440 g/mol. The Labute approximate surface area is 189 Å². The molecule has 15 heteroatoms. The third-order valence-corrected chi connectivity index (χ3v) is 4.95. The summed E-state index contributed by atoms with van der Waals surface area (Å²) >= 11 is 0. The average molecular weight is 473 g/mol. The molecule has 0 spiro atoms. The van der Waals surface area contributed by atoms with E-state index in [1.807, 2.05) is 0 Å². The van der Waals surface area contributed by atoms with Gasteiger partial charge in [-0.05, 0) is 25.7 Å². The summed E-state index contributed by atoms with van der Waals surface area (Å²) < 4.78 is 0. The van der Waals surface area contributed by atoms with Crippen molar-refractivity contribution >= 4 is 35.6 Å². The summed E-state index contributed by atoms with van der Waals surface area (Å²) in [7, 11) is 0.